The number of esters is 1. The molecule has 212 valence electrons. The van der Waals surface area contributed by atoms with E-state index in [1.165, 1.54) is 5.56 Å². The van der Waals surface area contributed by atoms with Gasteiger partial charge in [0.05, 0.1) is 25.4 Å². The van der Waals surface area contributed by atoms with Gasteiger partial charge in [0.2, 0.25) is 0 Å². The van der Waals surface area contributed by atoms with Crippen LogP contribution in [0.1, 0.15) is 48.0 Å². The molecule has 0 aromatic heterocycles. The molecule has 1 heterocycles. The summed E-state index contributed by atoms with van der Waals surface area (Å²) in [7, 11) is 2.08. The number of amides is 2. The van der Waals surface area contributed by atoms with E-state index in [4.69, 9.17) is 14.2 Å². The van der Waals surface area contributed by atoms with Gasteiger partial charge in [-0.15, -0.1) is 0 Å². The van der Waals surface area contributed by atoms with E-state index in [-0.39, 0.29) is 32.0 Å². The molecule has 1 saturated heterocycles. The number of hydrogen-bond acceptors (Lipinski definition) is 7. The number of nitrogens with one attached hydrogen (secondary N) is 2. The molecule has 3 aromatic carbocycles. The average Bonchev–Trinajstić information content (AvgIpc) is 2.97. The van der Waals surface area contributed by atoms with E-state index < -0.39 is 18.3 Å². The number of anilines is 1. The number of carbonyl (C=O) groups is 2. The molecule has 9 nitrogen and oxygen atoms in total. The van der Waals surface area contributed by atoms with Crippen LogP contribution in [0.5, 0.6) is 0 Å². The van der Waals surface area contributed by atoms with Crippen molar-refractivity contribution in [2.75, 3.05) is 32.1 Å². The second-order valence-corrected chi connectivity index (χ2v) is 9.77. The summed E-state index contributed by atoms with van der Waals surface area (Å²) in [5, 5.41) is 14.6. The van der Waals surface area contributed by atoms with Crippen molar-refractivity contribution < 1.29 is 28.9 Å². The highest BCUT2D eigenvalue weighted by Crippen LogP contribution is 2.38. The first-order valence-electron chi connectivity index (χ1n) is 13.5. The topological polar surface area (TPSA) is 109 Å². The minimum Gasteiger partial charge on any atom is -0.465 e. The van der Waals surface area contributed by atoms with Crippen LogP contribution in [0.25, 0.3) is 0 Å². The van der Waals surface area contributed by atoms with Crippen LogP contribution in [0.3, 0.4) is 0 Å². The second kappa shape index (κ2) is 14.6. The molecule has 0 bridgehead atoms. The third-order valence-corrected chi connectivity index (χ3v) is 6.56. The van der Waals surface area contributed by atoms with Crippen LogP contribution in [0, 0.1) is 0 Å². The molecule has 1 aliphatic rings. The van der Waals surface area contributed by atoms with E-state index >= 15 is 0 Å². The molecule has 0 saturated carbocycles. The van der Waals surface area contributed by atoms with Crippen molar-refractivity contribution in [3.05, 3.63) is 101 Å². The predicted octanol–water partition coefficient (Wildman–Crippen LogP) is 4.54. The molecule has 0 unspecified atom stereocenters. The zero-order chi connectivity index (χ0) is 28.3. The first-order valence-corrected chi connectivity index (χ1v) is 13.5. The van der Waals surface area contributed by atoms with Crippen molar-refractivity contribution >= 4 is 17.7 Å². The Morgan fingerprint density at radius 3 is 2.33 bits per heavy atom. The molecular formula is C31H37N3O6. The van der Waals surface area contributed by atoms with Gasteiger partial charge < -0.3 is 30.0 Å². The van der Waals surface area contributed by atoms with Gasteiger partial charge in [0.15, 0.2) is 6.29 Å². The lowest BCUT2D eigenvalue weighted by molar-refractivity contribution is -0.252. The standard InChI is InChI=1S/C31H37N3O6/c1-3-38-29(36)18-32-31(37)33-26-15-13-25(14-16-26)30-39-27(20-34(2)19-22-7-5-4-6-8-22)17-28(40-30)24-11-9-23(21-35)10-12-24/h4-16,27-28,30,35H,3,17-21H2,1-2H3,(H2,32,33,37)/t27-,28+,30+/m1/s1. The van der Waals surface area contributed by atoms with E-state index in [0.717, 1.165) is 29.8 Å². The van der Waals surface area contributed by atoms with Crippen LogP contribution in [-0.2, 0) is 32.2 Å². The van der Waals surface area contributed by atoms with Crippen molar-refractivity contribution in [3.8, 4) is 0 Å². The maximum Gasteiger partial charge on any atom is 0.325 e. The smallest absolute Gasteiger partial charge is 0.325 e. The highest BCUT2D eigenvalue weighted by atomic mass is 16.7. The van der Waals surface area contributed by atoms with Gasteiger partial charge in [0.1, 0.15) is 6.54 Å². The number of rotatable bonds is 11. The van der Waals surface area contributed by atoms with Gasteiger partial charge in [-0.3, -0.25) is 9.69 Å². The summed E-state index contributed by atoms with van der Waals surface area (Å²) in [5.74, 6) is -0.496. The molecule has 0 radical (unpaired) electrons. The molecule has 4 rings (SSSR count). The van der Waals surface area contributed by atoms with E-state index in [2.05, 4.69) is 34.7 Å². The Balaban J connectivity index is 1.43. The Morgan fingerprint density at radius 2 is 1.65 bits per heavy atom. The van der Waals surface area contributed by atoms with Crippen molar-refractivity contribution in [2.24, 2.45) is 0 Å². The molecule has 3 N–H and O–H groups in total. The van der Waals surface area contributed by atoms with Crippen LogP contribution in [0.4, 0.5) is 10.5 Å². The lowest BCUT2D eigenvalue weighted by Crippen LogP contribution is -2.37. The normalized spacial score (nSPS) is 18.8. The van der Waals surface area contributed by atoms with Crippen molar-refractivity contribution in [1.82, 2.24) is 10.2 Å². The number of aliphatic hydroxyl groups excluding tert-OH is 1. The lowest BCUT2D eigenvalue weighted by atomic mass is 9.99. The van der Waals surface area contributed by atoms with E-state index in [9.17, 15) is 14.7 Å². The third-order valence-electron chi connectivity index (χ3n) is 6.56. The number of hydrogen-bond donors (Lipinski definition) is 3. The fraction of sp³-hybridized carbons (Fsp3) is 0.355. The quantitative estimate of drug-likeness (QED) is 0.303. The SMILES string of the molecule is CCOC(=O)CNC(=O)Nc1ccc([C@H]2O[C@@H](CN(C)Cc3ccccc3)C[C@@H](c3ccc(CO)cc3)O2)cc1. The molecule has 9 heteroatoms. The minimum absolute atomic E-state index is 0.00826. The van der Waals surface area contributed by atoms with E-state index in [1.807, 2.05) is 54.6 Å². The highest BCUT2D eigenvalue weighted by molar-refractivity contribution is 5.91. The van der Waals surface area contributed by atoms with E-state index in [1.54, 1.807) is 19.1 Å². The Labute approximate surface area is 235 Å². The summed E-state index contributed by atoms with van der Waals surface area (Å²) in [6.07, 6.45) is -0.179. The summed E-state index contributed by atoms with van der Waals surface area (Å²) in [5.41, 5.74) is 4.50. The number of nitrogens with zero attached hydrogens (tertiary/aromatic N) is 1. The van der Waals surface area contributed by atoms with Gasteiger partial charge in [-0.25, -0.2) is 4.79 Å². The fourth-order valence-electron chi connectivity index (χ4n) is 4.60. The van der Waals surface area contributed by atoms with Gasteiger partial charge in [0, 0.05) is 30.8 Å². The second-order valence-electron chi connectivity index (χ2n) is 9.77. The monoisotopic (exact) mass is 547 g/mol. The Kier molecular flexibility index (Phi) is 10.7. The first-order chi connectivity index (χ1) is 19.4. The molecule has 3 aromatic rings. The van der Waals surface area contributed by atoms with Crippen molar-refractivity contribution in [3.63, 3.8) is 0 Å². The summed E-state index contributed by atoms with van der Waals surface area (Å²) in [4.78, 5) is 25.8. The van der Waals surface area contributed by atoms with Crippen LogP contribution in [0.2, 0.25) is 0 Å². The molecule has 40 heavy (non-hydrogen) atoms. The number of carbonyl (C=O) groups excluding carboxylic acids is 2. The number of aliphatic hydroxyl groups is 1. The van der Waals surface area contributed by atoms with Crippen molar-refractivity contribution in [2.45, 2.75) is 45.0 Å². The van der Waals surface area contributed by atoms with Crippen LogP contribution in [-0.4, -0.2) is 54.9 Å². The zero-order valence-electron chi connectivity index (χ0n) is 22.9. The molecule has 0 aliphatic carbocycles. The van der Waals surface area contributed by atoms with Gasteiger partial charge in [0.25, 0.3) is 0 Å². The van der Waals surface area contributed by atoms with Gasteiger partial charge in [-0.1, -0.05) is 66.7 Å². The fourth-order valence-corrected chi connectivity index (χ4v) is 4.60. The molecular weight excluding hydrogens is 510 g/mol. The van der Waals surface area contributed by atoms with Crippen LogP contribution < -0.4 is 10.6 Å². The minimum atomic E-state index is -0.599. The highest BCUT2D eigenvalue weighted by Gasteiger charge is 2.32. The molecule has 1 fully saturated rings. The van der Waals surface area contributed by atoms with Gasteiger partial charge >= 0.3 is 12.0 Å². The number of ether oxygens (including phenoxy) is 3. The molecule has 0 spiro atoms. The zero-order valence-corrected chi connectivity index (χ0v) is 22.9. The number of benzene rings is 3. The Hall–Kier alpha value is -3.76. The van der Waals surface area contributed by atoms with Crippen LogP contribution in [0.15, 0.2) is 78.9 Å². The summed E-state index contributed by atoms with van der Waals surface area (Å²) >= 11 is 0. The summed E-state index contributed by atoms with van der Waals surface area (Å²) in [6.45, 7) is 3.28. The van der Waals surface area contributed by atoms with Gasteiger partial charge in [-0.05, 0) is 42.8 Å². The maximum absolute atomic E-state index is 12.1. The summed E-state index contributed by atoms with van der Waals surface area (Å²) in [6, 6.07) is 24.9. The Bertz CT molecular complexity index is 1220. The number of likely N-dealkylation sites (N-methyl/N-ethyl adjacent to an activating group) is 1. The number of urea groups is 1. The third kappa shape index (κ3) is 8.62. The maximum atomic E-state index is 12.1. The van der Waals surface area contributed by atoms with Gasteiger partial charge in [-0.2, -0.15) is 0 Å². The molecule has 2 amide bonds. The predicted molar refractivity (Wildman–Crippen MR) is 151 cm³/mol. The molecule has 3 atom stereocenters. The molecule has 1 aliphatic heterocycles. The van der Waals surface area contributed by atoms with E-state index in [0.29, 0.717) is 12.1 Å². The van der Waals surface area contributed by atoms with Crippen molar-refractivity contribution in [1.29, 1.82) is 0 Å². The van der Waals surface area contributed by atoms with Crippen LogP contribution >= 0.6 is 0 Å². The average molecular weight is 548 g/mol. The largest absolute Gasteiger partial charge is 0.465 e. The first kappa shape index (κ1) is 29.2. The Morgan fingerprint density at radius 1 is 0.950 bits per heavy atom. The summed E-state index contributed by atoms with van der Waals surface area (Å²) < 4.78 is 17.7. The lowest BCUT2D eigenvalue weighted by Gasteiger charge is -2.38.